The third-order valence-electron chi connectivity index (χ3n) is 6.22. The second-order valence-corrected chi connectivity index (χ2v) is 8.49. The Morgan fingerprint density at radius 3 is 2.55 bits per heavy atom. The zero-order valence-electron chi connectivity index (χ0n) is 16.9. The molecule has 150 valence electrons. The molecule has 4 nitrogen and oxygen atoms in total. The zero-order chi connectivity index (χ0) is 20.4. The second kappa shape index (κ2) is 7.86. The fourth-order valence-electron chi connectivity index (χ4n) is 4.57. The van der Waals surface area contributed by atoms with E-state index in [9.17, 15) is 9.59 Å². The summed E-state index contributed by atoms with van der Waals surface area (Å²) in [5.74, 6) is 0.154. The van der Waals surface area contributed by atoms with E-state index in [4.69, 9.17) is 4.74 Å². The fraction of sp³-hybridized carbons (Fsp3) is 0.360. The molecule has 2 aromatic rings. The summed E-state index contributed by atoms with van der Waals surface area (Å²) in [6.07, 6.45) is 3.43. The summed E-state index contributed by atoms with van der Waals surface area (Å²) in [4.78, 5) is 24.7. The number of cyclic esters (lactones) is 1. The van der Waals surface area contributed by atoms with Crippen LogP contribution in [0.15, 0.2) is 60.7 Å². The van der Waals surface area contributed by atoms with Crippen LogP contribution in [0.25, 0.3) is 0 Å². The molecule has 2 atom stereocenters. The number of esters is 1. The smallest absolute Gasteiger partial charge is 0.313 e. The van der Waals surface area contributed by atoms with Gasteiger partial charge in [-0.25, -0.2) is 0 Å². The van der Waals surface area contributed by atoms with Gasteiger partial charge in [0.2, 0.25) is 5.91 Å². The quantitative estimate of drug-likeness (QED) is 0.579. The normalized spacial score (nSPS) is 23.0. The number of aryl methyl sites for hydroxylation is 2. The third-order valence-corrected chi connectivity index (χ3v) is 6.22. The van der Waals surface area contributed by atoms with E-state index in [1.165, 1.54) is 5.56 Å². The van der Waals surface area contributed by atoms with Gasteiger partial charge < -0.3 is 10.1 Å². The van der Waals surface area contributed by atoms with Crippen molar-refractivity contribution in [3.63, 3.8) is 0 Å². The molecule has 1 amide bonds. The average Bonchev–Trinajstić information content (AvgIpc) is 3.17. The summed E-state index contributed by atoms with van der Waals surface area (Å²) < 4.78 is 5.35. The van der Waals surface area contributed by atoms with Gasteiger partial charge in [0.25, 0.3) is 0 Å². The van der Waals surface area contributed by atoms with Gasteiger partial charge in [-0.2, -0.15) is 0 Å². The Kier molecular flexibility index (Phi) is 5.27. The lowest BCUT2D eigenvalue weighted by molar-refractivity contribution is -0.146. The van der Waals surface area contributed by atoms with Crippen molar-refractivity contribution in [2.24, 2.45) is 11.3 Å². The minimum absolute atomic E-state index is 0.00319. The van der Waals surface area contributed by atoms with Crippen molar-refractivity contribution >= 4 is 17.6 Å². The SMILES string of the molecule is C=C1CC2COC(=O)C2(Cc2ccc(NC(=O)CCc3ccc(C)cc3)cc2)C1. The van der Waals surface area contributed by atoms with Gasteiger partial charge in [-0.15, -0.1) is 0 Å². The van der Waals surface area contributed by atoms with Crippen LogP contribution in [0.3, 0.4) is 0 Å². The van der Waals surface area contributed by atoms with Gasteiger partial charge in [0.1, 0.15) is 0 Å². The number of carbonyl (C=O) groups excluding carboxylic acids is 2. The first kappa shape index (κ1) is 19.4. The Morgan fingerprint density at radius 2 is 1.83 bits per heavy atom. The van der Waals surface area contributed by atoms with Gasteiger partial charge in [0.15, 0.2) is 0 Å². The maximum atomic E-state index is 12.4. The Balaban J connectivity index is 1.34. The van der Waals surface area contributed by atoms with Crippen molar-refractivity contribution < 1.29 is 14.3 Å². The van der Waals surface area contributed by atoms with Crippen LogP contribution < -0.4 is 5.32 Å². The standard InChI is InChI=1S/C25H27NO3/c1-17-3-5-19(6-4-17)9-12-23(27)26-22-10-7-20(8-11-22)15-25-14-18(2)13-21(25)16-29-24(25)28/h3-8,10-11,21H,2,9,12-16H2,1H3,(H,26,27). The van der Waals surface area contributed by atoms with Crippen molar-refractivity contribution in [2.75, 3.05) is 11.9 Å². The largest absolute Gasteiger partial charge is 0.465 e. The van der Waals surface area contributed by atoms with Crippen LogP contribution >= 0.6 is 0 Å². The van der Waals surface area contributed by atoms with E-state index in [0.717, 1.165) is 35.2 Å². The van der Waals surface area contributed by atoms with Crippen LogP contribution in [0, 0.1) is 18.3 Å². The molecule has 1 aliphatic carbocycles. The molecule has 1 heterocycles. The summed E-state index contributed by atoms with van der Waals surface area (Å²) in [6.45, 7) is 6.65. The van der Waals surface area contributed by atoms with Crippen molar-refractivity contribution in [3.8, 4) is 0 Å². The van der Waals surface area contributed by atoms with Crippen molar-refractivity contribution in [1.29, 1.82) is 0 Å². The van der Waals surface area contributed by atoms with Gasteiger partial charge in [-0.3, -0.25) is 9.59 Å². The van der Waals surface area contributed by atoms with Crippen molar-refractivity contribution in [1.82, 2.24) is 0 Å². The predicted octanol–water partition coefficient (Wildman–Crippen LogP) is 4.62. The first-order chi connectivity index (χ1) is 13.9. The number of hydrogen-bond donors (Lipinski definition) is 1. The van der Waals surface area contributed by atoms with E-state index >= 15 is 0 Å². The zero-order valence-corrected chi connectivity index (χ0v) is 16.9. The molecular formula is C25H27NO3. The van der Waals surface area contributed by atoms with Crippen molar-refractivity contribution in [3.05, 3.63) is 77.4 Å². The Hall–Kier alpha value is -2.88. The van der Waals surface area contributed by atoms with E-state index in [2.05, 4.69) is 43.1 Å². The first-order valence-corrected chi connectivity index (χ1v) is 10.2. The molecule has 2 unspecified atom stereocenters. The molecule has 1 N–H and O–H groups in total. The number of carbonyl (C=O) groups is 2. The number of ether oxygens (including phenoxy) is 1. The number of fused-ring (bicyclic) bond motifs is 1. The van der Waals surface area contributed by atoms with Crippen LogP contribution in [0.2, 0.25) is 0 Å². The summed E-state index contributed by atoms with van der Waals surface area (Å²) in [5, 5.41) is 2.96. The number of amides is 1. The molecule has 1 saturated carbocycles. The molecule has 29 heavy (non-hydrogen) atoms. The minimum Gasteiger partial charge on any atom is -0.465 e. The summed E-state index contributed by atoms with van der Waals surface area (Å²) in [6, 6.07) is 16.1. The molecule has 1 aliphatic heterocycles. The van der Waals surface area contributed by atoms with Gasteiger partial charge >= 0.3 is 5.97 Å². The maximum Gasteiger partial charge on any atom is 0.313 e. The summed E-state index contributed by atoms with van der Waals surface area (Å²) >= 11 is 0. The lowest BCUT2D eigenvalue weighted by atomic mass is 9.75. The van der Waals surface area contributed by atoms with E-state index in [1.807, 2.05) is 24.3 Å². The highest BCUT2D eigenvalue weighted by Gasteiger charge is 2.55. The Bertz CT molecular complexity index is 930. The fourth-order valence-corrected chi connectivity index (χ4v) is 4.57. The average molecular weight is 389 g/mol. The van der Waals surface area contributed by atoms with Crippen LogP contribution in [0.5, 0.6) is 0 Å². The van der Waals surface area contributed by atoms with Crippen LogP contribution in [0.1, 0.15) is 36.0 Å². The molecule has 0 bridgehead atoms. The number of benzene rings is 2. The van der Waals surface area contributed by atoms with E-state index in [1.54, 1.807) is 0 Å². The van der Waals surface area contributed by atoms with Gasteiger partial charge in [-0.1, -0.05) is 54.1 Å². The van der Waals surface area contributed by atoms with Crippen molar-refractivity contribution in [2.45, 2.75) is 39.0 Å². The summed E-state index contributed by atoms with van der Waals surface area (Å²) in [7, 11) is 0. The second-order valence-electron chi connectivity index (χ2n) is 8.49. The number of anilines is 1. The van der Waals surface area contributed by atoms with Gasteiger partial charge in [-0.05, 0) is 55.9 Å². The van der Waals surface area contributed by atoms with E-state index in [0.29, 0.717) is 25.9 Å². The molecule has 0 aromatic heterocycles. The lowest BCUT2D eigenvalue weighted by Crippen LogP contribution is -2.31. The summed E-state index contributed by atoms with van der Waals surface area (Å²) in [5.41, 5.74) is 4.94. The van der Waals surface area contributed by atoms with Gasteiger partial charge in [0, 0.05) is 18.0 Å². The van der Waals surface area contributed by atoms with Crippen LogP contribution in [0.4, 0.5) is 5.69 Å². The number of rotatable bonds is 6. The first-order valence-electron chi connectivity index (χ1n) is 10.2. The highest BCUT2D eigenvalue weighted by molar-refractivity contribution is 5.90. The molecule has 4 heteroatoms. The maximum absolute atomic E-state index is 12.4. The molecule has 2 aliphatic rings. The molecule has 0 spiro atoms. The predicted molar refractivity (Wildman–Crippen MR) is 114 cm³/mol. The molecular weight excluding hydrogens is 362 g/mol. The minimum atomic E-state index is -0.449. The Morgan fingerprint density at radius 1 is 1.14 bits per heavy atom. The number of nitrogens with one attached hydrogen (secondary N) is 1. The third kappa shape index (κ3) is 4.12. The molecule has 0 radical (unpaired) electrons. The van der Waals surface area contributed by atoms with Crippen LogP contribution in [-0.2, 0) is 27.2 Å². The number of allylic oxidation sites excluding steroid dienone is 1. The topological polar surface area (TPSA) is 55.4 Å². The van der Waals surface area contributed by atoms with Crippen LogP contribution in [-0.4, -0.2) is 18.5 Å². The van der Waals surface area contributed by atoms with E-state index in [-0.39, 0.29) is 17.8 Å². The molecule has 2 fully saturated rings. The monoisotopic (exact) mass is 389 g/mol. The van der Waals surface area contributed by atoms with E-state index < -0.39 is 5.41 Å². The molecule has 4 rings (SSSR count). The van der Waals surface area contributed by atoms with Gasteiger partial charge in [0.05, 0.1) is 12.0 Å². The molecule has 2 aromatic carbocycles. The highest BCUT2D eigenvalue weighted by atomic mass is 16.5. The molecule has 1 saturated heterocycles. The number of hydrogen-bond acceptors (Lipinski definition) is 3. The lowest BCUT2D eigenvalue weighted by Gasteiger charge is -2.24. The Labute approximate surface area is 172 Å². The highest BCUT2D eigenvalue weighted by Crippen LogP contribution is 2.52.